The average molecular weight is 251 g/mol. The molecule has 2 aromatic rings. The standard InChI is InChI=1S/C16H17N3/c1-10-14-8-17-9-15(14)19-16(18-10)13-6-11-4-2-3-5-12(11)7-13/h2-5,13,17H,6-9H2,1H3. The molecule has 0 unspecified atom stereocenters. The highest BCUT2D eigenvalue weighted by atomic mass is 15.0. The summed E-state index contributed by atoms with van der Waals surface area (Å²) < 4.78 is 0. The third-order valence-electron chi connectivity index (χ3n) is 4.33. The van der Waals surface area contributed by atoms with Gasteiger partial charge in [0.1, 0.15) is 5.82 Å². The zero-order valence-electron chi connectivity index (χ0n) is 11.1. The number of hydrogen-bond donors (Lipinski definition) is 1. The van der Waals surface area contributed by atoms with E-state index in [0.29, 0.717) is 5.92 Å². The van der Waals surface area contributed by atoms with Crippen molar-refractivity contribution in [3.8, 4) is 0 Å². The maximum Gasteiger partial charge on any atom is 0.132 e. The van der Waals surface area contributed by atoms with E-state index in [9.17, 15) is 0 Å². The van der Waals surface area contributed by atoms with Gasteiger partial charge in [-0.05, 0) is 30.9 Å². The average Bonchev–Trinajstić information content (AvgIpc) is 3.04. The summed E-state index contributed by atoms with van der Waals surface area (Å²) in [6.45, 7) is 3.93. The number of rotatable bonds is 1. The molecule has 3 heteroatoms. The van der Waals surface area contributed by atoms with Crippen LogP contribution in [0.25, 0.3) is 0 Å². The smallest absolute Gasteiger partial charge is 0.132 e. The van der Waals surface area contributed by atoms with Gasteiger partial charge in [-0.25, -0.2) is 9.97 Å². The second-order valence-corrected chi connectivity index (χ2v) is 5.57. The Bertz CT molecular complexity index is 623. The van der Waals surface area contributed by atoms with Crippen molar-refractivity contribution in [2.24, 2.45) is 0 Å². The fourth-order valence-corrected chi connectivity index (χ4v) is 3.28. The van der Waals surface area contributed by atoms with Crippen LogP contribution in [0.4, 0.5) is 0 Å². The fraction of sp³-hybridized carbons (Fsp3) is 0.375. The molecule has 96 valence electrons. The van der Waals surface area contributed by atoms with Crippen molar-refractivity contribution in [1.82, 2.24) is 15.3 Å². The van der Waals surface area contributed by atoms with Gasteiger partial charge in [0.05, 0.1) is 5.69 Å². The van der Waals surface area contributed by atoms with Gasteiger partial charge in [0.15, 0.2) is 0 Å². The molecule has 0 radical (unpaired) electrons. The van der Waals surface area contributed by atoms with Crippen molar-refractivity contribution in [2.45, 2.75) is 38.8 Å². The quantitative estimate of drug-likeness (QED) is 0.845. The summed E-state index contributed by atoms with van der Waals surface area (Å²) in [6.07, 6.45) is 2.17. The van der Waals surface area contributed by atoms with Crippen LogP contribution in [0.15, 0.2) is 24.3 Å². The minimum absolute atomic E-state index is 0.460. The Kier molecular flexibility index (Phi) is 2.42. The van der Waals surface area contributed by atoms with Gasteiger partial charge in [-0.3, -0.25) is 0 Å². The lowest BCUT2D eigenvalue weighted by molar-refractivity contribution is 0.669. The van der Waals surface area contributed by atoms with Gasteiger partial charge >= 0.3 is 0 Å². The molecule has 0 saturated carbocycles. The van der Waals surface area contributed by atoms with E-state index in [1.165, 1.54) is 22.4 Å². The summed E-state index contributed by atoms with van der Waals surface area (Å²) in [5.74, 6) is 1.50. The highest BCUT2D eigenvalue weighted by molar-refractivity contribution is 5.36. The fourth-order valence-electron chi connectivity index (χ4n) is 3.28. The third-order valence-corrected chi connectivity index (χ3v) is 4.33. The molecule has 2 aliphatic rings. The van der Waals surface area contributed by atoms with Crippen molar-refractivity contribution in [2.75, 3.05) is 0 Å². The molecule has 1 aromatic heterocycles. The third kappa shape index (κ3) is 1.77. The molecule has 1 N–H and O–H groups in total. The molecule has 1 aliphatic carbocycles. The molecular weight excluding hydrogens is 234 g/mol. The minimum atomic E-state index is 0.460. The molecule has 4 rings (SSSR count). The number of aryl methyl sites for hydroxylation is 1. The monoisotopic (exact) mass is 251 g/mol. The summed E-state index contributed by atoms with van der Waals surface area (Å²) in [7, 11) is 0. The lowest BCUT2D eigenvalue weighted by atomic mass is 10.0. The highest BCUT2D eigenvalue weighted by Gasteiger charge is 2.26. The predicted octanol–water partition coefficient (Wildman–Crippen LogP) is 2.27. The van der Waals surface area contributed by atoms with E-state index >= 15 is 0 Å². The Morgan fingerprint density at radius 3 is 2.53 bits per heavy atom. The summed E-state index contributed by atoms with van der Waals surface area (Å²) in [4.78, 5) is 9.56. The van der Waals surface area contributed by atoms with Crippen LogP contribution in [-0.2, 0) is 25.9 Å². The van der Waals surface area contributed by atoms with Crippen LogP contribution in [0.3, 0.4) is 0 Å². The summed E-state index contributed by atoms with van der Waals surface area (Å²) in [5.41, 5.74) is 6.60. The predicted molar refractivity (Wildman–Crippen MR) is 73.9 cm³/mol. The van der Waals surface area contributed by atoms with Gasteiger partial charge in [-0.2, -0.15) is 0 Å². The van der Waals surface area contributed by atoms with Crippen LogP contribution in [0.5, 0.6) is 0 Å². The van der Waals surface area contributed by atoms with Gasteiger partial charge in [-0.1, -0.05) is 24.3 Å². The number of aromatic nitrogens is 2. The van der Waals surface area contributed by atoms with Crippen LogP contribution in [-0.4, -0.2) is 9.97 Å². The first kappa shape index (κ1) is 11.1. The molecular formula is C16H17N3. The van der Waals surface area contributed by atoms with E-state index in [4.69, 9.17) is 9.97 Å². The van der Waals surface area contributed by atoms with E-state index in [-0.39, 0.29) is 0 Å². The van der Waals surface area contributed by atoms with Gasteiger partial charge < -0.3 is 5.32 Å². The Hall–Kier alpha value is -1.74. The zero-order chi connectivity index (χ0) is 12.8. The van der Waals surface area contributed by atoms with Crippen molar-refractivity contribution in [3.05, 3.63) is 58.2 Å². The molecule has 0 atom stereocenters. The lowest BCUT2D eigenvalue weighted by Crippen LogP contribution is -2.09. The van der Waals surface area contributed by atoms with Crippen LogP contribution in [0.1, 0.15) is 39.8 Å². The molecule has 0 amide bonds. The molecule has 0 bridgehead atoms. The summed E-state index contributed by atoms with van der Waals surface area (Å²) >= 11 is 0. The van der Waals surface area contributed by atoms with Gasteiger partial charge in [0.25, 0.3) is 0 Å². The molecule has 0 saturated heterocycles. The van der Waals surface area contributed by atoms with Crippen LogP contribution in [0, 0.1) is 6.92 Å². The maximum absolute atomic E-state index is 4.81. The van der Waals surface area contributed by atoms with Gasteiger partial charge in [-0.15, -0.1) is 0 Å². The normalized spacial score (nSPS) is 17.5. The molecule has 1 aromatic carbocycles. The Morgan fingerprint density at radius 2 is 1.79 bits per heavy atom. The SMILES string of the molecule is Cc1nc(C2Cc3ccccc3C2)nc2c1CNC2. The first-order valence-electron chi connectivity index (χ1n) is 6.95. The molecule has 2 heterocycles. The summed E-state index contributed by atoms with van der Waals surface area (Å²) in [5, 5.41) is 3.36. The Labute approximate surface area is 113 Å². The first-order chi connectivity index (χ1) is 9.31. The van der Waals surface area contributed by atoms with E-state index in [1.807, 2.05) is 0 Å². The van der Waals surface area contributed by atoms with E-state index in [2.05, 4.69) is 36.5 Å². The second-order valence-electron chi connectivity index (χ2n) is 5.57. The van der Waals surface area contributed by atoms with Crippen LogP contribution >= 0.6 is 0 Å². The highest BCUT2D eigenvalue weighted by Crippen LogP contribution is 2.33. The van der Waals surface area contributed by atoms with Crippen molar-refractivity contribution >= 4 is 0 Å². The Balaban J connectivity index is 1.70. The largest absolute Gasteiger partial charge is 0.307 e. The number of nitrogens with zero attached hydrogens (tertiary/aromatic N) is 2. The molecule has 0 spiro atoms. The van der Waals surface area contributed by atoms with Crippen LogP contribution < -0.4 is 5.32 Å². The van der Waals surface area contributed by atoms with Crippen LogP contribution in [0.2, 0.25) is 0 Å². The lowest BCUT2D eigenvalue weighted by Gasteiger charge is -2.11. The van der Waals surface area contributed by atoms with Crippen molar-refractivity contribution in [1.29, 1.82) is 0 Å². The first-order valence-corrected chi connectivity index (χ1v) is 6.95. The van der Waals surface area contributed by atoms with E-state index in [1.54, 1.807) is 0 Å². The van der Waals surface area contributed by atoms with Gasteiger partial charge in [0, 0.05) is 30.3 Å². The second kappa shape index (κ2) is 4.14. The van der Waals surface area contributed by atoms with Crippen molar-refractivity contribution in [3.63, 3.8) is 0 Å². The minimum Gasteiger partial charge on any atom is -0.307 e. The number of nitrogens with one attached hydrogen (secondary N) is 1. The maximum atomic E-state index is 4.81. The Morgan fingerprint density at radius 1 is 1.05 bits per heavy atom. The van der Waals surface area contributed by atoms with E-state index in [0.717, 1.165) is 37.4 Å². The summed E-state index contributed by atoms with van der Waals surface area (Å²) in [6, 6.07) is 8.72. The number of benzene rings is 1. The van der Waals surface area contributed by atoms with E-state index < -0.39 is 0 Å². The molecule has 0 fully saturated rings. The molecule has 3 nitrogen and oxygen atoms in total. The molecule has 1 aliphatic heterocycles. The zero-order valence-corrected chi connectivity index (χ0v) is 11.1. The topological polar surface area (TPSA) is 37.8 Å². The number of hydrogen-bond acceptors (Lipinski definition) is 3. The molecule has 19 heavy (non-hydrogen) atoms. The van der Waals surface area contributed by atoms with Crippen molar-refractivity contribution < 1.29 is 0 Å². The number of fused-ring (bicyclic) bond motifs is 2. The van der Waals surface area contributed by atoms with Gasteiger partial charge in [0.2, 0.25) is 0 Å².